The van der Waals surface area contributed by atoms with Crippen LogP contribution >= 0.6 is 0 Å². The maximum absolute atomic E-state index is 10.6. The van der Waals surface area contributed by atoms with E-state index in [1.54, 1.807) is 13.8 Å². The SMILES string of the molecule is CC(C)OCC(=O)N=NC(=O)O. The number of ether oxygens (including phenoxy) is 1. The lowest BCUT2D eigenvalue weighted by atomic mass is 10.5. The van der Waals surface area contributed by atoms with Gasteiger partial charge in [0.05, 0.1) is 6.10 Å². The zero-order valence-corrected chi connectivity index (χ0v) is 6.85. The summed E-state index contributed by atoms with van der Waals surface area (Å²) in [5.74, 6) is -0.703. The van der Waals surface area contributed by atoms with Crippen molar-refractivity contribution < 1.29 is 19.4 Å². The number of nitrogens with zero attached hydrogens (tertiary/aromatic N) is 2. The van der Waals surface area contributed by atoms with E-state index in [4.69, 9.17) is 9.84 Å². The Morgan fingerprint density at radius 1 is 1.42 bits per heavy atom. The van der Waals surface area contributed by atoms with Gasteiger partial charge in [-0.1, -0.05) is 5.11 Å². The lowest BCUT2D eigenvalue weighted by Crippen LogP contribution is -2.11. The third kappa shape index (κ3) is 6.81. The van der Waals surface area contributed by atoms with E-state index in [1.165, 1.54) is 0 Å². The highest BCUT2D eigenvalue weighted by molar-refractivity contribution is 5.79. The second-order valence-corrected chi connectivity index (χ2v) is 2.24. The first-order valence-corrected chi connectivity index (χ1v) is 3.31. The number of carbonyl (C=O) groups is 2. The molecular weight excluding hydrogens is 164 g/mol. The molecule has 6 nitrogen and oxygen atoms in total. The predicted octanol–water partition coefficient (Wildman–Crippen LogP) is 1.07. The van der Waals surface area contributed by atoms with E-state index in [0.29, 0.717) is 0 Å². The van der Waals surface area contributed by atoms with E-state index in [9.17, 15) is 9.59 Å². The highest BCUT2D eigenvalue weighted by Gasteiger charge is 2.01. The standard InChI is InChI=1S/C6H10N2O4/c1-4(2)12-3-5(9)7-8-6(10)11/h4H,3H2,1-2H3,(H,10,11). The molecule has 0 fully saturated rings. The van der Waals surface area contributed by atoms with Crippen molar-refractivity contribution in [1.82, 2.24) is 0 Å². The Morgan fingerprint density at radius 3 is 2.42 bits per heavy atom. The molecule has 6 heteroatoms. The van der Waals surface area contributed by atoms with E-state index in [2.05, 4.69) is 10.2 Å². The molecule has 0 saturated carbocycles. The normalized spacial score (nSPS) is 10.9. The molecule has 0 heterocycles. The maximum atomic E-state index is 10.6. The fourth-order valence-electron chi connectivity index (χ4n) is 0.365. The number of amides is 2. The molecular formula is C6H10N2O4. The Morgan fingerprint density at radius 2 is 2.00 bits per heavy atom. The topological polar surface area (TPSA) is 88.3 Å². The summed E-state index contributed by atoms with van der Waals surface area (Å²) >= 11 is 0. The van der Waals surface area contributed by atoms with Gasteiger partial charge >= 0.3 is 6.09 Å². The summed E-state index contributed by atoms with van der Waals surface area (Å²) in [7, 11) is 0. The molecule has 1 N–H and O–H groups in total. The minimum absolute atomic E-state index is 0.0889. The zero-order chi connectivity index (χ0) is 9.56. The first-order valence-electron chi connectivity index (χ1n) is 3.31. The first kappa shape index (κ1) is 10.7. The van der Waals surface area contributed by atoms with Gasteiger partial charge in [-0.3, -0.25) is 4.79 Å². The van der Waals surface area contributed by atoms with Crippen LogP contribution in [0.5, 0.6) is 0 Å². The molecule has 0 aromatic rings. The van der Waals surface area contributed by atoms with Gasteiger partial charge in [0.2, 0.25) is 0 Å². The van der Waals surface area contributed by atoms with Crippen LogP contribution in [0.4, 0.5) is 4.79 Å². The number of hydrogen-bond acceptors (Lipinski definition) is 3. The van der Waals surface area contributed by atoms with Crippen LogP contribution in [0.2, 0.25) is 0 Å². The van der Waals surface area contributed by atoms with E-state index in [0.717, 1.165) is 0 Å². The van der Waals surface area contributed by atoms with Crippen molar-refractivity contribution in [3.63, 3.8) is 0 Å². The molecule has 0 atom stereocenters. The van der Waals surface area contributed by atoms with Crippen LogP contribution in [0.1, 0.15) is 13.8 Å². The van der Waals surface area contributed by atoms with Gasteiger partial charge in [-0.15, -0.1) is 5.11 Å². The van der Waals surface area contributed by atoms with Gasteiger partial charge < -0.3 is 9.84 Å². The fourth-order valence-corrected chi connectivity index (χ4v) is 0.365. The lowest BCUT2D eigenvalue weighted by Gasteiger charge is -2.02. The van der Waals surface area contributed by atoms with Crippen LogP contribution in [0.3, 0.4) is 0 Å². The van der Waals surface area contributed by atoms with Crippen molar-refractivity contribution in [3.8, 4) is 0 Å². The molecule has 0 aliphatic heterocycles. The van der Waals surface area contributed by atoms with Gasteiger partial charge in [0.25, 0.3) is 5.91 Å². The Bertz CT molecular complexity index is 200. The van der Waals surface area contributed by atoms with Crippen LogP contribution in [0.25, 0.3) is 0 Å². The van der Waals surface area contributed by atoms with Crippen LogP contribution in [0, 0.1) is 0 Å². The van der Waals surface area contributed by atoms with Crippen molar-refractivity contribution in [2.45, 2.75) is 20.0 Å². The molecule has 0 unspecified atom stereocenters. The quantitative estimate of drug-likeness (QED) is 0.648. The van der Waals surface area contributed by atoms with Gasteiger partial charge in [-0.05, 0) is 13.8 Å². The number of rotatable bonds is 3. The second-order valence-electron chi connectivity index (χ2n) is 2.24. The van der Waals surface area contributed by atoms with Gasteiger partial charge in [0.1, 0.15) is 6.61 Å². The fraction of sp³-hybridized carbons (Fsp3) is 0.667. The number of carboxylic acid groups (broad SMARTS) is 1. The molecule has 12 heavy (non-hydrogen) atoms. The summed E-state index contributed by atoms with van der Waals surface area (Å²) in [5, 5.41) is 13.5. The van der Waals surface area contributed by atoms with Crippen molar-refractivity contribution in [1.29, 1.82) is 0 Å². The molecule has 0 rings (SSSR count). The van der Waals surface area contributed by atoms with Crippen molar-refractivity contribution in [2.75, 3.05) is 6.61 Å². The van der Waals surface area contributed by atoms with Crippen LogP contribution in [0.15, 0.2) is 10.2 Å². The van der Waals surface area contributed by atoms with Gasteiger partial charge in [-0.2, -0.15) is 0 Å². The highest BCUT2D eigenvalue weighted by Crippen LogP contribution is 1.89. The van der Waals surface area contributed by atoms with E-state index < -0.39 is 12.0 Å². The second kappa shape index (κ2) is 5.36. The van der Waals surface area contributed by atoms with Crippen LogP contribution in [-0.2, 0) is 9.53 Å². The van der Waals surface area contributed by atoms with Gasteiger partial charge in [-0.25, -0.2) is 4.79 Å². The van der Waals surface area contributed by atoms with Gasteiger partial charge in [0, 0.05) is 0 Å². The number of carbonyl (C=O) groups excluding carboxylic acids is 1. The molecule has 0 spiro atoms. The molecule has 0 radical (unpaired) electrons. The smallest absolute Gasteiger partial charge is 0.450 e. The van der Waals surface area contributed by atoms with E-state index in [1.807, 2.05) is 0 Å². The zero-order valence-electron chi connectivity index (χ0n) is 6.85. The molecule has 0 aromatic heterocycles. The molecule has 0 aliphatic rings. The third-order valence-electron chi connectivity index (χ3n) is 0.787. The lowest BCUT2D eigenvalue weighted by molar-refractivity contribution is -0.124. The summed E-state index contributed by atoms with van der Waals surface area (Å²) in [6, 6.07) is 0. The highest BCUT2D eigenvalue weighted by atomic mass is 16.5. The Hall–Kier alpha value is -1.30. The number of azo groups is 1. The minimum atomic E-state index is -1.49. The van der Waals surface area contributed by atoms with Crippen molar-refractivity contribution >= 4 is 12.0 Å². The third-order valence-corrected chi connectivity index (χ3v) is 0.787. The number of hydrogen-bond donors (Lipinski definition) is 1. The van der Waals surface area contributed by atoms with Crippen LogP contribution < -0.4 is 0 Å². The van der Waals surface area contributed by atoms with E-state index in [-0.39, 0.29) is 12.7 Å². The predicted molar refractivity (Wildman–Crippen MR) is 39.0 cm³/mol. The summed E-state index contributed by atoms with van der Waals surface area (Å²) in [4.78, 5) is 20.4. The largest absolute Gasteiger partial charge is 0.462 e. The van der Waals surface area contributed by atoms with Crippen molar-refractivity contribution in [3.05, 3.63) is 0 Å². The van der Waals surface area contributed by atoms with Gasteiger partial charge in [0.15, 0.2) is 0 Å². The molecule has 68 valence electrons. The van der Waals surface area contributed by atoms with Crippen LogP contribution in [-0.4, -0.2) is 29.8 Å². The minimum Gasteiger partial charge on any atom is -0.462 e. The molecule has 0 aromatic carbocycles. The molecule has 0 saturated heterocycles. The molecule has 2 amide bonds. The summed E-state index contributed by atoms with van der Waals surface area (Å²) in [5.41, 5.74) is 0. The van der Waals surface area contributed by atoms with E-state index >= 15 is 0 Å². The average molecular weight is 174 g/mol. The summed E-state index contributed by atoms with van der Waals surface area (Å²) < 4.78 is 4.84. The summed E-state index contributed by atoms with van der Waals surface area (Å²) in [6.45, 7) is 3.26. The summed E-state index contributed by atoms with van der Waals surface area (Å²) in [6.07, 6.45) is -1.58. The molecule has 0 aliphatic carbocycles. The van der Waals surface area contributed by atoms with Crippen molar-refractivity contribution in [2.24, 2.45) is 10.2 Å². The first-order chi connectivity index (χ1) is 5.52. The maximum Gasteiger partial charge on any atom is 0.450 e. The Labute approximate surface area is 69.2 Å². The average Bonchev–Trinajstić information content (AvgIpc) is 1.96. The monoisotopic (exact) mass is 174 g/mol. The molecule has 0 bridgehead atoms. The Balaban J connectivity index is 3.67. The Kier molecular flexibility index (Phi) is 4.78.